The number of H-pyrrole nitrogens is 1. The number of aromatic amines is 1. The van der Waals surface area contributed by atoms with E-state index >= 15 is 0 Å². The van der Waals surface area contributed by atoms with Gasteiger partial charge >= 0.3 is 5.76 Å². The number of sulfonamides is 1. The summed E-state index contributed by atoms with van der Waals surface area (Å²) in [5, 5.41) is 2.84. The Morgan fingerprint density at radius 2 is 1.96 bits per heavy atom. The SMILES string of the molecule is O=C(Nc1ccccc1)C1CCCN(S(=O)(=O)c2ccc3[nH]c(=O)oc3c2)C1. The molecule has 1 fully saturated rings. The summed E-state index contributed by atoms with van der Waals surface area (Å²) in [4.78, 5) is 26.4. The summed E-state index contributed by atoms with van der Waals surface area (Å²) in [5.41, 5.74) is 1.30. The minimum atomic E-state index is -3.81. The summed E-state index contributed by atoms with van der Waals surface area (Å²) in [7, 11) is -3.81. The van der Waals surface area contributed by atoms with Gasteiger partial charge in [0.2, 0.25) is 15.9 Å². The van der Waals surface area contributed by atoms with E-state index in [4.69, 9.17) is 4.42 Å². The minimum absolute atomic E-state index is 0.0341. The Morgan fingerprint density at radius 1 is 1.18 bits per heavy atom. The Morgan fingerprint density at radius 3 is 2.75 bits per heavy atom. The lowest BCUT2D eigenvalue weighted by molar-refractivity contribution is -0.120. The number of oxazole rings is 1. The Kier molecular flexibility index (Phi) is 4.78. The predicted octanol–water partition coefficient (Wildman–Crippen LogP) is 2.16. The number of para-hydroxylation sites is 1. The van der Waals surface area contributed by atoms with Crippen molar-refractivity contribution in [2.75, 3.05) is 18.4 Å². The summed E-state index contributed by atoms with van der Waals surface area (Å²) in [6, 6.07) is 13.3. The third kappa shape index (κ3) is 3.58. The topological polar surface area (TPSA) is 112 Å². The fourth-order valence-electron chi connectivity index (χ4n) is 3.38. The van der Waals surface area contributed by atoms with E-state index in [1.807, 2.05) is 18.2 Å². The number of piperidine rings is 1. The van der Waals surface area contributed by atoms with E-state index in [1.165, 1.54) is 22.5 Å². The predicted molar refractivity (Wildman–Crippen MR) is 103 cm³/mol. The number of aromatic nitrogens is 1. The second kappa shape index (κ2) is 7.25. The largest absolute Gasteiger partial charge is 0.417 e. The van der Waals surface area contributed by atoms with Crippen LogP contribution in [-0.4, -0.2) is 36.7 Å². The van der Waals surface area contributed by atoms with E-state index in [2.05, 4.69) is 10.3 Å². The van der Waals surface area contributed by atoms with Crippen molar-refractivity contribution in [3.05, 3.63) is 59.1 Å². The molecule has 1 atom stereocenters. The molecule has 1 aromatic heterocycles. The first-order valence-electron chi connectivity index (χ1n) is 8.92. The van der Waals surface area contributed by atoms with E-state index in [0.29, 0.717) is 30.6 Å². The highest BCUT2D eigenvalue weighted by molar-refractivity contribution is 7.89. The molecule has 146 valence electrons. The number of nitrogens with zero attached hydrogens (tertiary/aromatic N) is 1. The number of nitrogens with one attached hydrogen (secondary N) is 2. The Balaban J connectivity index is 1.53. The second-order valence-electron chi connectivity index (χ2n) is 6.73. The molecule has 2 N–H and O–H groups in total. The minimum Gasteiger partial charge on any atom is -0.408 e. The van der Waals surface area contributed by atoms with Gasteiger partial charge in [0.1, 0.15) is 0 Å². The fraction of sp³-hybridized carbons (Fsp3) is 0.263. The van der Waals surface area contributed by atoms with Crippen molar-refractivity contribution in [2.24, 2.45) is 5.92 Å². The molecule has 28 heavy (non-hydrogen) atoms. The summed E-state index contributed by atoms with van der Waals surface area (Å²) in [6.07, 6.45) is 1.21. The van der Waals surface area contributed by atoms with Gasteiger partial charge in [0, 0.05) is 24.8 Å². The molecule has 3 aromatic rings. The number of carbonyl (C=O) groups excluding carboxylic acids is 1. The van der Waals surface area contributed by atoms with Gasteiger partial charge in [-0.2, -0.15) is 4.31 Å². The van der Waals surface area contributed by atoms with Crippen LogP contribution in [0.1, 0.15) is 12.8 Å². The molecule has 0 radical (unpaired) electrons. The van der Waals surface area contributed by atoms with Crippen LogP contribution in [0.25, 0.3) is 11.1 Å². The molecular formula is C19H19N3O5S. The van der Waals surface area contributed by atoms with Gasteiger partial charge < -0.3 is 9.73 Å². The van der Waals surface area contributed by atoms with Crippen LogP contribution in [0.4, 0.5) is 5.69 Å². The molecule has 0 saturated carbocycles. The molecule has 1 unspecified atom stereocenters. The molecule has 4 rings (SSSR count). The molecule has 8 nitrogen and oxygen atoms in total. The van der Waals surface area contributed by atoms with Crippen molar-refractivity contribution in [1.82, 2.24) is 9.29 Å². The highest BCUT2D eigenvalue weighted by Crippen LogP contribution is 2.26. The van der Waals surface area contributed by atoms with Gasteiger partial charge in [0.05, 0.1) is 16.3 Å². The first-order valence-corrected chi connectivity index (χ1v) is 10.4. The molecule has 2 aromatic carbocycles. The van der Waals surface area contributed by atoms with Gasteiger partial charge in [0.25, 0.3) is 0 Å². The molecule has 1 saturated heterocycles. The molecule has 0 bridgehead atoms. The smallest absolute Gasteiger partial charge is 0.408 e. The number of rotatable bonds is 4. The Labute approximate surface area is 161 Å². The zero-order valence-corrected chi connectivity index (χ0v) is 15.7. The number of hydrogen-bond donors (Lipinski definition) is 2. The molecule has 0 aliphatic carbocycles. The lowest BCUT2D eigenvalue weighted by Crippen LogP contribution is -2.43. The van der Waals surface area contributed by atoms with Gasteiger partial charge in [-0.05, 0) is 37.1 Å². The van der Waals surface area contributed by atoms with Gasteiger partial charge in [-0.3, -0.25) is 9.78 Å². The number of fused-ring (bicyclic) bond motifs is 1. The first kappa shape index (κ1) is 18.5. The van der Waals surface area contributed by atoms with Gasteiger partial charge in [-0.15, -0.1) is 0 Å². The fourth-order valence-corrected chi connectivity index (χ4v) is 4.92. The van der Waals surface area contributed by atoms with E-state index in [-0.39, 0.29) is 22.9 Å². The van der Waals surface area contributed by atoms with Crippen molar-refractivity contribution in [3.63, 3.8) is 0 Å². The van der Waals surface area contributed by atoms with E-state index in [1.54, 1.807) is 12.1 Å². The molecule has 1 amide bonds. The molecule has 2 heterocycles. The summed E-state index contributed by atoms with van der Waals surface area (Å²) < 4.78 is 32.3. The van der Waals surface area contributed by atoms with Crippen molar-refractivity contribution >= 4 is 32.7 Å². The van der Waals surface area contributed by atoms with E-state index in [0.717, 1.165) is 0 Å². The number of anilines is 1. The van der Waals surface area contributed by atoms with Crippen LogP contribution in [0.15, 0.2) is 62.6 Å². The van der Waals surface area contributed by atoms with Crippen molar-refractivity contribution < 1.29 is 17.6 Å². The summed E-state index contributed by atoms with van der Waals surface area (Å²) in [5.74, 6) is -1.27. The number of hydrogen-bond acceptors (Lipinski definition) is 5. The molecule has 1 aliphatic rings. The van der Waals surface area contributed by atoms with E-state index in [9.17, 15) is 18.0 Å². The lowest BCUT2D eigenvalue weighted by Gasteiger charge is -2.31. The third-order valence-electron chi connectivity index (χ3n) is 4.83. The van der Waals surface area contributed by atoms with Crippen molar-refractivity contribution in [2.45, 2.75) is 17.7 Å². The van der Waals surface area contributed by atoms with Crippen LogP contribution in [0.3, 0.4) is 0 Å². The molecular weight excluding hydrogens is 382 g/mol. The lowest BCUT2D eigenvalue weighted by atomic mass is 9.99. The van der Waals surface area contributed by atoms with Gasteiger partial charge in [-0.25, -0.2) is 13.2 Å². The quantitative estimate of drug-likeness (QED) is 0.696. The highest BCUT2D eigenvalue weighted by atomic mass is 32.2. The average molecular weight is 401 g/mol. The van der Waals surface area contributed by atoms with Gasteiger partial charge in [0.15, 0.2) is 5.58 Å². The maximum absolute atomic E-state index is 13.0. The molecule has 1 aliphatic heterocycles. The standard InChI is InChI=1S/C19H19N3O5S/c23-18(20-14-6-2-1-3-7-14)13-5-4-10-22(12-13)28(25,26)15-8-9-16-17(11-15)27-19(24)21-16/h1-3,6-9,11,13H,4-5,10,12H2,(H,20,23)(H,21,24). The Bertz CT molecular complexity index is 1170. The maximum atomic E-state index is 13.0. The van der Waals surface area contributed by atoms with Gasteiger partial charge in [-0.1, -0.05) is 18.2 Å². The molecule has 0 spiro atoms. The van der Waals surface area contributed by atoms with Crippen molar-refractivity contribution in [3.8, 4) is 0 Å². The van der Waals surface area contributed by atoms with Crippen molar-refractivity contribution in [1.29, 1.82) is 0 Å². The summed E-state index contributed by atoms with van der Waals surface area (Å²) in [6.45, 7) is 0.447. The van der Waals surface area contributed by atoms with Crippen LogP contribution < -0.4 is 11.1 Å². The highest BCUT2D eigenvalue weighted by Gasteiger charge is 2.33. The van der Waals surface area contributed by atoms with Crippen LogP contribution in [0.5, 0.6) is 0 Å². The number of benzene rings is 2. The monoisotopic (exact) mass is 401 g/mol. The maximum Gasteiger partial charge on any atom is 0.417 e. The van der Waals surface area contributed by atoms with Crippen LogP contribution in [0.2, 0.25) is 0 Å². The summed E-state index contributed by atoms with van der Waals surface area (Å²) >= 11 is 0. The van der Waals surface area contributed by atoms with Crippen LogP contribution in [0, 0.1) is 5.92 Å². The first-order chi connectivity index (χ1) is 13.4. The Hall–Kier alpha value is -2.91. The van der Waals surface area contributed by atoms with E-state index < -0.39 is 21.7 Å². The number of amides is 1. The number of carbonyl (C=O) groups is 1. The van der Waals surface area contributed by atoms with Crippen LogP contribution >= 0.6 is 0 Å². The third-order valence-corrected chi connectivity index (χ3v) is 6.69. The average Bonchev–Trinajstić information content (AvgIpc) is 3.08. The zero-order chi connectivity index (χ0) is 19.7. The second-order valence-corrected chi connectivity index (χ2v) is 8.67. The molecule has 9 heteroatoms. The normalized spacial score (nSPS) is 18.2. The van der Waals surface area contributed by atoms with Crippen LogP contribution in [-0.2, 0) is 14.8 Å². The zero-order valence-electron chi connectivity index (χ0n) is 14.9.